The molecule has 6 heteroatoms. The predicted molar refractivity (Wildman–Crippen MR) is 127 cm³/mol. The van der Waals surface area contributed by atoms with Gasteiger partial charge in [0.15, 0.2) is 0 Å². The van der Waals surface area contributed by atoms with Crippen molar-refractivity contribution in [3.05, 3.63) is 65.2 Å². The molecule has 0 aliphatic carbocycles. The number of nitrogens with one attached hydrogen (secondary N) is 2. The summed E-state index contributed by atoms with van der Waals surface area (Å²) in [5, 5.41) is 5.89. The Morgan fingerprint density at radius 3 is 2.62 bits per heavy atom. The molecule has 1 unspecified atom stereocenters. The van der Waals surface area contributed by atoms with Crippen molar-refractivity contribution in [3.63, 3.8) is 0 Å². The van der Waals surface area contributed by atoms with E-state index in [1.165, 1.54) is 0 Å². The van der Waals surface area contributed by atoms with Crippen molar-refractivity contribution in [2.24, 2.45) is 11.8 Å². The molecule has 0 spiro atoms. The van der Waals surface area contributed by atoms with Crippen molar-refractivity contribution >= 4 is 23.4 Å². The number of likely N-dealkylation sites (tertiary alicyclic amines) is 1. The average molecular weight is 436 g/mol. The molecular weight excluding hydrogens is 402 g/mol. The van der Waals surface area contributed by atoms with Gasteiger partial charge in [-0.3, -0.25) is 14.4 Å². The minimum Gasteiger partial charge on any atom is -0.356 e. The van der Waals surface area contributed by atoms with Crippen molar-refractivity contribution in [2.45, 2.75) is 40.0 Å². The summed E-state index contributed by atoms with van der Waals surface area (Å²) < 4.78 is 0. The summed E-state index contributed by atoms with van der Waals surface area (Å²) in [7, 11) is 0. The van der Waals surface area contributed by atoms with E-state index in [9.17, 15) is 14.4 Å². The Morgan fingerprint density at radius 2 is 1.88 bits per heavy atom. The summed E-state index contributed by atoms with van der Waals surface area (Å²) >= 11 is 0. The van der Waals surface area contributed by atoms with Crippen molar-refractivity contribution in [3.8, 4) is 0 Å². The van der Waals surface area contributed by atoms with Gasteiger partial charge in [0.1, 0.15) is 0 Å². The summed E-state index contributed by atoms with van der Waals surface area (Å²) in [5.74, 6) is 0.0741. The number of nitrogens with zero attached hydrogens (tertiary/aromatic N) is 1. The van der Waals surface area contributed by atoms with E-state index in [2.05, 4.69) is 24.5 Å². The zero-order chi connectivity index (χ0) is 23.1. The van der Waals surface area contributed by atoms with Gasteiger partial charge < -0.3 is 15.5 Å². The molecule has 1 saturated heterocycles. The van der Waals surface area contributed by atoms with Gasteiger partial charge >= 0.3 is 0 Å². The fourth-order valence-corrected chi connectivity index (χ4v) is 3.94. The monoisotopic (exact) mass is 435 g/mol. The Balaban J connectivity index is 1.63. The van der Waals surface area contributed by atoms with E-state index in [0.717, 1.165) is 24.8 Å². The Morgan fingerprint density at radius 1 is 1.09 bits per heavy atom. The highest BCUT2D eigenvalue weighted by Gasteiger charge is 2.29. The van der Waals surface area contributed by atoms with Crippen LogP contribution in [0.1, 0.15) is 59.4 Å². The van der Waals surface area contributed by atoms with E-state index in [1.807, 2.05) is 25.1 Å². The van der Waals surface area contributed by atoms with Crippen LogP contribution in [0.15, 0.2) is 48.5 Å². The number of carbonyl (C=O) groups excluding carboxylic acids is 3. The number of benzene rings is 2. The Bertz CT molecular complexity index is 970. The fourth-order valence-electron chi connectivity index (χ4n) is 3.94. The van der Waals surface area contributed by atoms with Crippen LogP contribution < -0.4 is 10.6 Å². The number of rotatable bonds is 7. The third kappa shape index (κ3) is 6.19. The van der Waals surface area contributed by atoms with E-state index in [-0.39, 0.29) is 23.6 Å². The number of piperidine rings is 1. The maximum absolute atomic E-state index is 13.1. The fraction of sp³-hybridized carbons (Fsp3) is 0.423. The van der Waals surface area contributed by atoms with Crippen LogP contribution in [0, 0.1) is 18.8 Å². The normalized spacial score (nSPS) is 16.0. The molecule has 3 rings (SSSR count). The van der Waals surface area contributed by atoms with Crippen molar-refractivity contribution < 1.29 is 14.4 Å². The van der Waals surface area contributed by atoms with Gasteiger partial charge in [0, 0.05) is 36.4 Å². The lowest BCUT2D eigenvalue weighted by Crippen LogP contribution is -2.45. The molecule has 1 heterocycles. The van der Waals surface area contributed by atoms with E-state index in [1.54, 1.807) is 35.2 Å². The molecule has 0 aromatic heterocycles. The number of carbonyl (C=O) groups is 3. The van der Waals surface area contributed by atoms with Crippen LogP contribution in [0.5, 0.6) is 0 Å². The van der Waals surface area contributed by atoms with E-state index in [4.69, 9.17) is 0 Å². The first-order chi connectivity index (χ1) is 15.3. The summed E-state index contributed by atoms with van der Waals surface area (Å²) in [6.45, 7) is 7.88. The smallest absolute Gasteiger partial charge is 0.255 e. The molecule has 170 valence electrons. The van der Waals surface area contributed by atoms with Gasteiger partial charge in [-0.25, -0.2) is 0 Å². The first-order valence-corrected chi connectivity index (χ1v) is 11.4. The third-order valence-corrected chi connectivity index (χ3v) is 5.86. The standard InChI is InChI=1S/C26H33N3O3/c1-18(2)13-14-27-24(30)21-10-7-15-29(17-21)26(32)20-9-6-11-22(16-20)28-25(31)23-12-5-4-8-19(23)3/h4-6,8-9,11-12,16,18,21H,7,10,13-15,17H2,1-3H3,(H,27,30)(H,28,31). The molecule has 1 fully saturated rings. The highest BCUT2D eigenvalue weighted by molar-refractivity contribution is 6.06. The number of hydrogen-bond donors (Lipinski definition) is 2. The maximum atomic E-state index is 13.1. The predicted octanol–water partition coefficient (Wildman–Crippen LogP) is 4.26. The van der Waals surface area contributed by atoms with Crippen LogP contribution in [0.25, 0.3) is 0 Å². The van der Waals surface area contributed by atoms with Gasteiger partial charge in [-0.1, -0.05) is 38.1 Å². The maximum Gasteiger partial charge on any atom is 0.255 e. The van der Waals surface area contributed by atoms with Crippen molar-refractivity contribution in [2.75, 3.05) is 25.0 Å². The van der Waals surface area contributed by atoms with Gasteiger partial charge in [-0.15, -0.1) is 0 Å². The number of amides is 3. The number of anilines is 1. The molecule has 1 aliphatic rings. The quantitative estimate of drug-likeness (QED) is 0.682. The molecule has 2 aromatic carbocycles. The molecule has 32 heavy (non-hydrogen) atoms. The molecule has 3 amide bonds. The average Bonchev–Trinajstić information content (AvgIpc) is 2.78. The topological polar surface area (TPSA) is 78.5 Å². The van der Waals surface area contributed by atoms with Gasteiger partial charge in [0.25, 0.3) is 11.8 Å². The zero-order valence-electron chi connectivity index (χ0n) is 19.2. The Hall–Kier alpha value is -3.15. The van der Waals surface area contributed by atoms with Crippen LogP contribution >= 0.6 is 0 Å². The van der Waals surface area contributed by atoms with E-state index >= 15 is 0 Å². The largest absolute Gasteiger partial charge is 0.356 e. The highest BCUT2D eigenvalue weighted by atomic mass is 16.2. The molecule has 0 saturated carbocycles. The van der Waals surface area contributed by atoms with Crippen LogP contribution in [-0.2, 0) is 4.79 Å². The van der Waals surface area contributed by atoms with Crippen molar-refractivity contribution in [1.29, 1.82) is 0 Å². The van der Waals surface area contributed by atoms with Crippen LogP contribution in [0.3, 0.4) is 0 Å². The number of hydrogen-bond acceptors (Lipinski definition) is 3. The molecule has 1 aliphatic heterocycles. The summed E-state index contributed by atoms with van der Waals surface area (Å²) in [5.41, 5.74) is 2.58. The van der Waals surface area contributed by atoms with Crippen LogP contribution in [0.2, 0.25) is 0 Å². The van der Waals surface area contributed by atoms with E-state index in [0.29, 0.717) is 42.4 Å². The third-order valence-electron chi connectivity index (χ3n) is 5.86. The minimum absolute atomic E-state index is 0.0300. The molecule has 0 bridgehead atoms. The summed E-state index contributed by atoms with van der Waals surface area (Å²) in [4.78, 5) is 40.0. The molecule has 0 radical (unpaired) electrons. The SMILES string of the molecule is Cc1ccccc1C(=O)Nc1cccc(C(=O)N2CCCC(C(=O)NCCC(C)C)C2)c1. The molecule has 2 N–H and O–H groups in total. The lowest BCUT2D eigenvalue weighted by atomic mass is 9.96. The van der Waals surface area contributed by atoms with Gasteiger partial charge in [0.05, 0.1) is 5.92 Å². The van der Waals surface area contributed by atoms with Crippen LogP contribution in [-0.4, -0.2) is 42.3 Å². The highest BCUT2D eigenvalue weighted by Crippen LogP contribution is 2.21. The second kappa shape index (κ2) is 10.9. The molecular formula is C26H33N3O3. The van der Waals surface area contributed by atoms with Crippen molar-refractivity contribution in [1.82, 2.24) is 10.2 Å². The minimum atomic E-state index is -0.205. The first kappa shape index (κ1) is 23.5. The Kier molecular flexibility index (Phi) is 8.03. The first-order valence-electron chi connectivity index (χ1n) is 11.4. The summed E-state index contributed by atoms with van der Waals surface area (Å²) in [6.07, 6.45) is 2.55. The van der Waals surface area contributed by atoms with Gasteiger partial charge in [0.2, 0.25) is 5.91 Å². The van der Waals surface area contributed by atoms with Gasteiger partial charge in [-0.2, -0.15) is 0 Å². The lowest BCUT2D eigenvalue weighted by Gasteiger charge is -2.32. The lowest BCUT2D eigenvalue weighted by molar-refractivity contribution is -0.126. The molecule has 1 atom stereocenters. The van der Waals surface area contributed by atoms with Gasteiger partial charge in [-0.05, 0) is 61.9 Å². The second-order valence-electron chi connectivity index (χ2n) is 8.91. The summed E-state index contributed by atoms with van der Waals surface area (Å²) in [6, 6.07) is 14.4. The second-order valence-corrected chi connectivity index (χ2v) is 8.91. The van der Waals surface area contributed by atoms with E-state index < -0.39 is 0 Å². The zero-order valence-corrected chi connectivity index (χ0v) is 19.2. The number of aryl methyl sites for hydroxylation is 1. The molecule has 6 nitrogen and oxygen atoms in total. The van der Waals surface area contributed by atoms with Crippen LogP contribution in [0.4, 0.5) is 5.69 Å². The molecule has 2 aromatic rings. The Labute approximate surface area is 190 Å².